The average Bonchev–Trinajstić information content (AvgIpc) is 2.88. The molecule has 202 valence electrons. The van der Waals surface area contributed by atoms with Gasteiger partial charge in [-0.2, -0.15) is 0 Å². The van der Waals surface area contributed by atoms with Crippen LogP contribution in [0, 0.1) is 5.82 Å². The van der Waals surface area contributed by atoms with Gasteiger partial charge in [0, 0.05) is 41.9 Å². The van der Waals surface area contributed by atoms with E-state index in [1.807, 2.05) is 12.1 Å². The Labute approximate surface area is 228 Å². The Morgan fingerprint density at radius 1 is 1.13 bits per heavy atom. The molecule has 38 heavy (non-hydrogen) atoms. The Hall–Kier alpha value is -2.78. The SMILES string of the molecule is C[C@H]1CO[C@H](CCc2ccc(F)cc2NC(=O)C[C@@H](c2ccc(Cl)cc2)c2cccc(S(C)(=O)=O)c2)CN1. The van der Waals surface area contributed by atoms with Gasteiger partial charge in [0.2, 0.25) is 5.91 Å². The van der Waals surface area contributed by atoms with Gasteiger partial charge in [-0.3, -0.25) is 4.79 Å². The van der Waals surface area contributed by atoms with Crippen molar-refractivity contribution in [1.82, 2.24) is 5.32 Å². The third kappa shape index (κ3) is 7.63. The number of sulfone groups is 1. The summed E-state index contributed by atoms with van der Waals surface area (Å²) in [4.78, 5) is 13.5. The van der Waals surface area contributed by atoms with Crippen LogP contribution in [0.15, 0.2) is 71.6 Å². The van der Waals surface area contributed by atoms with Crippen LogP contribution in [0.25, 0.3) is 0 Å². The lowest BCUT2D eigenvalue weighted by Crippen LogP contribution is -2.44. The standard InChI is InChI=1S/C29H32ClFN2O4S/c1-19-18-37-25(17-32-19)13-9-21-8-12-24(31)15-28(21)33-29(34)16-27(20-6-10-23(30)11-7-20)22-4-3-5-26(14-22)38(2,35)36/h3-8,10-12,14-15,19,25,27,32H,9,13,16-18H2,1-2H3,(H,33,34)/t19-,25+,27-/m0/s1. The van der Waals surface area contributed by atoms with E-state index in [0.29, 0.717) is 35.3 Å². The second-order valence-corrected chi connectivity index (χ2v) is 12.3. The number of benzene rings is 3. The van der Waals surface area contributed by atoms with Gasteiger partial charge in [0.15, 0.2) is 9.84 Å². The minimum absolute atomic E-state index is 0.0261. The Bertz CT molecular complexity index is 1370. The van der Waals surface area contributed by atoms with Crippen molar-refractivity contribution in [2.45, 2.75) is 49.1 Å². The van der Waals surface area contributed by atoms with E-state index in [2.05, 4.69) is 17.6 Å². The summed E-state index contributed by atoms with van der Waals surface area (Å²) in [5.74, 6) is -1.19. The van der Waals surface area contributed by atoms with Crippen molar-refractivity contribution in [3.8, 4) is 0 Å². The third-order valence-electron chi connectivity index (χ3n) is 6.71. The monoisotopic (exact) mass is 558 g/mol. The number of morpholine rings is 1. The molecule has 0 bridgehead atoms. The molecule has 1 aliphatic rings. The molecule has 9 heteroatoms. The maximum absolute atomic E-state index is 14.2. The van der Waals surface area contributed by atoms with Gasteiger partial charge in [0.1, 0.15) is 5.82 Å². The zero-order valence-electron chi connectivity index (χ0n) is 21.4. The number of nitrogens with one attached hydrogen (secondary N) is 2. The first kappa shape index (κ1) is 28.2. The van der Waals surface area contributed by atoms with Crippen LogP contribution in [-0.2, 0) is 25.8 Å². The summed E-state index contributed by atoms with van der Waals surface area (Å²) in [5.41, 5.74) is 2.74. The number of carbonyl (C=O) groups is 1. The van der Waals surface area contributed by atoms with Crippen LogP contribution in [0.4, 0.5) is 10.1 Å². The molecule has 2 N–H and O–H groups in total. The zero-order valence-corrected chi connectivity index (χ0v) is 23.0. The maximum atomic E-state index is 14.2. The largest absolute Gasteiger partial charge is 0.375 e. The summed E-state index contributed by atoms with van der Waals surface area (Å²) in [5, 5.41) is 6.84. The number of amides is 1. The lowest BCUT2D eigenvalue weighted by molar-refractivity contribution is -0.116. The van der Waals surface area contributed by atoms with Crippen LogP contribution in [0.5, 0.6) is 0 Å². The molecule has 0 unspecified atom stereocenters. The van der Waals surface area contributed by atoms with Gasteiger partial charge in [-0.15, -0.1) is 0 Å². The fourth-order valence-corrected chi connectivity index (χ4v) is 5.39. The number of hydrogen-bond donors (Lipinski definition) is 2. The molecule has 3 aromatic carbocycles. The summed E-state index contributed by atoms with van der Waals surface area (Å²) in [6.45, 7) is 3.46. The van der Waals surface area contributed by atoms with Gasteiger partial charge in [-0.05, 0) is 72.9 Å². The molecular formula is C29H32ClFN2O4S. The number of carbonyl (C=O) groups excluding carboxylic acids is 1. The van der Waals surface area contributed by atoms with E-state index in [4.69, 9.17) is 16.3 Å². The lowest BCUT2D eigenvalue weighted by atomic mass is 9.88. The molecule has 0 saturated carbocycles. The van der Waals surface area contributed by atoms with E-state index in [9.17, 15) is 17.6 Å². The Kier molecular flexibility index (Phi) is 9.20. The predicted molar refractivity (Wildman–Crippen MR) is 148 cm³/mol. The van der Waals surface area contributed by atoms with Gasteiger partial charge >= 0.3 is 0 Å². The number of ether oxygens (including phenoxy) is 1. The third-order valence-corrected chi connectivity index (χ3v) is 8.07. The Morgan fingerprint density at radius 2 is 1.89 bits per heavy atom. The second kappa shape index (κ2) is 12.4. The number of halogens is 2. The van der Waals surface area contributed by atoms with Crippen LogP contribution in [0.3, 0.4) is 0 Å². The highest BCUT2D eigenvalue weighted by molar-refractivity contribution is 7.90. The molecule has 3 atom stereocenters. The van der Waals surface area contributed by atoms with Crippen molar-refractivity contribution >= 4 is 33.0 Å². The Morgan fingerprint density at radius 3 is 2.58 bits per heavy atom. The molecule has 6 nitrogen and oxygen atoms in total. The molecule has 1 amide bonds. The summed E-state index contributed by atoms with van der Waals surface area (Å²) in [6, 6.07) is 18.4. The molecule has 1 aliphatic heterocycles. The number of anilines is 1. The first-order valence-electron chi connectivity index (χ1n) is 12.6. The first-order valence-corrected chi connectivity index (χ1v) is 14.8. The van der Waals surface area contributed by atoms with Gasteiger partial charge in [0.05, 0.1) is 17.6 Å². The molecule has 0 spiro atoms. The minimum Gasteiger partial charge on any atom is -0.375 e. The molecule has 0 aromatic heterocycles. The maximum Gasteiger partial charge on any atom is 0.225 e. The van der Waals surface area contributed by atoms with Gasteiger partial charge in [-0.1, -0.05) is 41.9 Å². The average molecular weight is 559 g/mol. The number of rotatable bonds is 9. The smallest absolute Gasteiger partial charge is 0.225 e. The van der Waals surface area contributed by atoms with Crippen LogP contribution < -0.4 is 10.6 Å². The van der Waals surface area contributed by atoms with Gasteiger partial charge < -0.3 is 15.4 Å². The molecule has 1 heterocycles. The first-order chi connectivity index (χ1) is 18.1. The van der Waals surface area contributed by atoms with Gasteiger partial charge in [-0.25, -0.2) is 12.8 Å². The lowest BCUT2D eigenvalue weighted by Gasteiger charge is -2.28. The van der Waals surface area contributed by atoms with Crippen molar-refractivity contribution in [1.29, 1.82) is 0 Å². The van der Waals surface area contributed by atoms with Gasteiger partial charge in [0.25, 0.3) is 0 Å². The van der Waals surface area contributed by atoms with Crippen molar-refractivity contribution in [2.24, 2.45) is 0 Å². The van der Waals surface area contributed by atoms with E-state index in [0.717, 1.165) is 30.3 Å². The van der Waals surface area contributed by atoms with Crippen molar-refractivity contribution in [3.63, 3.8) is 0 Å². The summed E-state index contributed by atoms with van der Waals surface area (Å²) in [6.07, 6.45) is 2.58. The summed E-state index contributed by atoms with van der Waals surface area (Å²) in [7, 11) is -3.43. The highest BCUT2D eigenvalue weighted by atomic mass is 35.5. The van der Waals surface area contributed by atoms with Crippen molar-refractivity contribution in [3.05, 3.63) is 94.3 Å². The molecule has 1 saturated heterocycles. The molecule has 3 aromatic rings. The topological polar surface area (TPSA) is 84.5 Å². The number of aryl methyl sites for hydroxylation is 1. The van der Waals surface area contributed by atoms with Crippen LogP contribution in [0.1, 0.15) is 42.4 Å². The molecule has 0 radical (unpaired) electrons. The molecule has 0 aliphatic carbocycles. The van der Waals surface area contributed by atoms with Crippen LogP contribution in [-0.4, -0.2) is 45.9 Å². The van der Waals surface area contributed by atoms with Crippen molar-refractivity contribution in [2.75, 3.05) is 24.7 Å². The van der Waals surface area contributed by atoms with Crippen molar-refractivity contribution < 1.29 is 22.3 Å². The molecule has 1 fully saturated rings. The van der Waals surface area contributed by atoms with E-state index < -0.39 is 21.6 Å². The molecule has 4 rings (SSSR count). The predicted octanol–water partition coefficient (Wildman–Crippen LogP) is 5.35. The fraction of sp³-hybridized carbons (Fsp3) is 0.345. The number of hydrogen-bond acceptors (Lipinski definition) is 5. The quantitative estimate of drug-likeness (QED) is 0.370. The zero-order chi connectivity index (χ0) is 27.3. The van der Waals surface area contributed by atoms with Crippen LogP contribution >= 0.6 is 11.6 Å². The minimum atomic E-state index is -3.43. The fourth-order valence-electron chi connectivity index (χ4n) is 4.59. The van der Waals surface area contributed by atoms with E-state index in [1.165, 1.54) is 18.2 Å². The van der Waals surface area contributed by atoms with E-state index in [1.54, 1.807) is 36.4 Å². The summed E-state index contributed by atoms with van der Waals surface area (Å²) >= 11 is 6.08. The normalized spacial score (nSPS) is 18.6. The Balaban J connectivity index is 1.54. The summed E-state index contributed by atoms with van der Waals surface area (Å²) < 4.78 is 44.4. The highest BCUT2D eigenvalue weighted by Gasteiger charge is 2.22. The highest BCUT2D eigenvalue weighted by Crippen LogP contribution is 2.31. The van der Waals surface area contributed by atoms with E-state index in [-0.39, 0.29) is 23.3 Å². The second-order valence-electron chi connectivity index (χ2n) is 9.81. The van der Waals surface area contributed by atoms with E-state index >= 15 is 0 Å². The molecular weight excluding hydrogens is 527 g/mol. The van der Waals surface area contributed by atoms with Crippen LogP contribution in [0.2, 0.25) is 5.02 Å².